The van der Waals surface area contributed by atoms with Crippen LogP contribution in [0.25, 0.3) is 0 Å². The highest BCUT2D eigenvalue weighted by molar-refractivity contribution is 5.85. The number of hydrogen-bond acceptors (Lipinski definition) is 4. The van der Waals surface area contributed by atoms with E-state index in [4.69, 9.17) is 10.5 Å². The lowest BCUT2D eigenvalue weighted by Gasteiger charge is -2.28. The van der Waals surface area contributed by atoms with Crippen molar-refractivity contribution < 1.29 is 9.53 Å². The van der Waals surface area contributed by atoms with Crippen LogP contribution in [-0.2, 0) is 16.0 Å². The maximum atomic E-state index is 11.9. The first-order valence-corrected chi connectivity index (χ1v) is 6.72. The van der Waals surface area contributed by atoms with Gasteiger partial charge in [-0.15, -0.1) is 12.4 Å². The predicted molar refractivity (Wildman–Crippen MR) is 80.7 cm³/mol. The van der Waals surface area contributed by atoms with E-state index in [-0.39, 0.29) is 24.4 Å². The molecule has 0 radical (unpaired) electrons. The molecule has 3 N–H and O–H groups in total. The Hall–Kier alpha value is -1.33. The molecule has 1 aromatic heterocycles. The molecule has 1 aliphatic heterocycles. The minimum absolute atomic E-state index is 0. The summed E-state index contributed by atoms with van der Waals surface area (Å²) in [6, 6.07) is 3.73. The van der Waals surface area contributed by atoms with Gasteiger partial charge in [-0.25, -0.2) is 0 Å². The van der Waals surface area contributed by atoms with Gasteiger partial charge in [-0.3, -0.25) is 9.78 Å². The third-order valence-corrected chi connectivity index (χ3v) is 3.55. The minimum Gasteiger partial charge on any atom is -0.397 e. The lowest BCUT2D eigenvalue weighted by molar-refractivity contribution is -0.121. The average Bonchev–Trinajstić information content (AvgIpc) is 2.42. The van der Waals surface area contributed by atoms with E-state index in [9.17, 15) is 4.79 Å². The Morgan fingerprint density at radius 2 is 2.20 bits per heavy atom. The first-order valence-electron chi connectivity index (χ1n) is 6.72. The normalized spacial score (nSPS) is 17.1. The summed E-state index contributed by atoms with van der Waals surface area (Å²) < 4.78 is 5.33. The van der Waals surface area contributed by atoms with Crippen LogP contribution in [-0.4, -0.2) is 30.1 Å². The van der Waals surface area contributed by atoms with Gasteiger partial charge in [0.15, 0.2) is 0 Å². The van der Waals surface area contributed by atoms with E-state index in [0.29, 0.717) is 18.0 Å². The van der Waals surface area contributed by atoms with E-state index in [2.05, 4.69) is 17.2 Å². The van der Waals surface area contributed by atoms with Crippen LogP contribution >= 0.6 is 12.4 Å². The number of pyridine rings is 1. The fourth-order valence-corrected chi connectivity index (χ4v) is 2.34. The highest BCUT2D eigenvalue weighted by Crippen LogP contribution is 2.18. The number of hydrogen-bond donors (Lipinski definition) is 2. The molecule has 2 heterocycles. The van der Waals surface area contributed by atoms with Gasteiger partial charge >= 0.3 is 0 Å². The van der Waals surface area contributed by atoms with Crippen molar-refractivity contribution in [3.05, 3.63) is 24.0 Å². The van der Waals surface area contributed by atoms with Gasteiger partial charge in [0.1, 0.15) is 0 Å². The van der Waals surface area contributed by atoms with E-state index in [1.165, 1.54) is 0 Å². The van der Waals surface area contributed by atoms with Crippen molar-refractivity contribution >= 4 is 24.0 Å². The topological polar surface area (TPSA) is 77.2 Å². The quantitative estimate of drug-likeness (QED) is 0.884. The summed E-state index contributed by atoms with van der Waals surface area (Å²) in [6.45, 7) is 3.65. The Bertz CT molecular complexity index is 419. The Kier molecular flexibility index (Phi) is 6.75. The zero-order valence-electron chi connectivity index (χ0n) is 11.7. The molecule has 1 atom stereocenters. The highest BCUT2D eigenvalue weighted by atomic mass is 35.5. The first-order chi connectivity index (χ1) is 9.15. The summed E-state index contributed by atoms with van der Waals surface area (Å²) >= 11 is 0. The first kappa shape index (κ1) is 16.7. The monoisotopic (exact) mass is 299 g/mol. The van der Waals surface area contributed by atoms with Gasteiger partial charge < -0.3 is 15.8 Å². The number of amides is 1. The summed E-state index contributed by atoms with van der Waals surface area (Å²) in [5.74, 6) is 0.522. The number of nitrogens with one attached hydrogen (secondary N) is 1. The maximum Gasteiger partial charge on any atom is 0.226 e. The standard InChI is InChI=1S/C14H21N3O2.ClH/c1-10(11-4-6-19-7-5-11)17-14(18)8-13-3-2-12(15)9-16-13;/h2-3,9-11H,4-8,15H2,1H3,(H,17,18);1H. The van der Waals surface area contributed by atoms with Crippen molar-refractivity contribution in [2.75, 3.05) is 18.9 Å². The minimum atomic E-state index is 0. The van der Waals surface area contributed by atoms with Crippen molar-refractivity contribution in [2.45, 2.75) is 32.2 Å². The van der Waals surface area contributed by atoms with Gasteiger partial charge in [0, 0.05) is 24.9 Å². The largest absolute Gasteiger partial charge is 0.397 e. The van der Waals surface area contributed by atoms with Crippen LogP contribution in [0.4, 0.5) is 5.69 Å². The number of nitrogen functional groups attached to an aromatic ring is 1. The number of nitrogens with zero attached hydrogens (tertiary/aromatic N) is 1. The second-order valence-electron chi connectivity index (χ2n) is 5.07. The molecule has 1 amide bonds. The number of ether oxygens (including phenoxy) is 1. The van der Waals surface area contributed by atoms with Gasteiger partial charge in [-0.1, -0.05) is 0 Å². The fraction of sp³-hybridized carbons (Fsp3) is 0.571. The second-order valence-corrected chi connectivity index (χ2v) is 5.07. The third-order valence-electron chi connectivity index (χ3n) is 3.55. The molecule has 2 rings (SSSR count). The van der Waals surface area contributed by atoms with Crippen molar-refractivity contribution in [1.29, 1.82) is 0 Å². The second kappa shape index (κ2) is 8.07. The van der Waals surface area contributed by atoms with E-state index in [1.54, 1.807) is 18.3 Å². The third kappa shape index (κ3) is 4.98. The molecule has 1 aromatic rings. The van der Waals surface area contributed by atoms with Gasteiger partial charge in [0.05, 0.1) is 18.3 Å². The zero-order valence-corrected chi connectivity index (χ0v) is 12.5. The fourth-order valence-electron chi connectivity index (χ4n) is 2.34. The van der Waals surface area contributed by atoms with E-state index < -0.39 is 0 Å². The molecule has 0 saturated carbocycles. The van der Waals surface area contributed by atoms with Gasteiger partial charge in [-0.2, -0.15) is 0 Å². The SMILES string of the molecule is CC(NC(=O)Cc1ccc(N)cn1)C1CCOCC1.Cl. The average molecular weight is 300 g/mol. The summed E-state index contributed by atoms with van der Waals surface area (Å²) in [7, 11) is 0. The molecule has 0 spiro atoms. The number of carbonyl (C=O) groups excluding carboxylic acids is 1. The van der Waals surface area contributed by atoms with Crippen LogP contribution in [0.1, 0.15) is 25.5 Å². The molecule has 6 heteroatoms. The molecule has 1 aliphatic rings. The van der Waals surface area contributed by atoms with Crippen molar-refractivity contribution in [3.8, 4) is 0 Å². The molecule has 1 saturated heterocycles. The molecule has 1 fully saturated rings. The Morgan fingerprint density at radius 3 is 2.80 bits per heavy atom. The van der Waals surface area contributed by atoms with Crippen molar-refractivity contribution in [1.82, 2.24) is 10.3 Å². The predicted octanol–water partition coefficient (Wildman–Crippen LogP) is 1.56. The molecule has 5 nitrogen and oxygen atoms in total. The molecular weight excluding hydrogens is 278 g/mol. The molecule has 0 bridgehead atoms. The summed E-state index contributed by atoms with van der Waals surface area (Å²) in [5.41, 5.74) is 6.91. The lowest BCUT2D eigenvalue weighted by Crippen LogP contribution is -2.41. The van der Waals surface area contributed by atoms with Gasteiger partial charge in [0.2, 0.25) is 5.91 Å². The number of aromatic nitrogens is 1. The number of halogens is 1. The van der Waals surface area contributed by atoms with Crippen molar-refractivity contribution in [2.24, 2.45) is 5.92 Å². The number of rotatable bonds is 4. The van der Waals surface area contributed by atoms with E-state index in [1.807, 2.05) is 0 Å². The van der Waals surface area contributed by atoms with Crippen LogP contribution in [0, 0.1) is 5.92 Å². The summed E-state index contributed by atoms with van der Waals surface area (Å²) in [4.78, 5) is 16.1. The molecule has 0 aliphatic carbocycles. The van der Waals surface area contributed by atoms with Gasteiger partial charge in [0.25, 0.3) is 0 Å². The van der Waals surface area contributed by atoms with E-state index in [0.717, 1.165) is 31.7 Å². The van der Waals surface area contributed by atoms with Crippen LogP contribution in [0.3, 0.4) is 0 Å². The summed E-state index contributed by atoms with van der Waals surface area (Å²) in [6.07, 6.45) is 3.90. The lowest BCUT2D eigenvalue weighted by atomic mass is 9.93. The molecule has 20 heavy (non-hydrogen) atoms. The van der Waals surface area contributed by atoms with Gasteiger partial charge in [-0.05, 0) is 37.8 Å². The van der Waals surface area contributed by atoms with Crippen LogP contribution in [0.5, 0.6) is 0 Å². The van der Waals surface area contributed by atoms with Crippen LogP contribution in [0.15, 0.2) is 18.3 Å². The van der Waals surface area contributed by atoms with Crippen LogP contribution < -0.4 is 11.1 Å². The Labute approximate surface area is 125 Å². The maximum absolute atomic E-state index is 11.9. The number of nitrogens with two attached hydrogens (primary N) is 1. The molecule has 1 unspecified atom stereocenters. The Morgan fingerprint density at radius 1 is 1.50 bits per heavy atom. The summed E-state index contributed by atoms with van der Waals surface area (Å²) in [5, 5.41) is 3.05. The molecule has 112 valence electrons. The zero-order chi connectivity index (χ0) is 13.7. The molecular formula is C14H22ClN3O2. The van der Waals surface area contributed by atoms with Crippen LogP contribution in [0.2, 0.25) is 0 Å². The molecule has 0 aromatic carbocycles. The number of anilines is 1. The highest BCUT2D eigenvalue weighted by Gasteiger charge is 2.21. The van der Waals surface area contributed by atoms with E-state index >= 15 is 0 Å². The Balaban J connectivity index is 0.00000200. The smallest absolute Gasteiger partial charge is 0.226 e. The van der Waals surface area contributed by atoms with Crippen molar-refractivity contribution in [3.63, 3.8) is 0 Å². The number of carbonyl (C=O) groups is 1.